The van der Waals surface area contributed by atoms with Crippen LogP contribution in [0.1, 0.15) is 44.7 Å². The van der Waals surface area contributed by atoms with Crippen molar-refractivity contribution in [3.63, 3.8) is 0 Å². The first kappa shape index (κ1) is 16.4. The standard InChI is InChI=1S/C13H24N4O3/c1-10(2)11-12(17(19)20)13(16(4)14-11)15(3)8-6-5-7-9-18/h10,18H,5-9H2,1-4H3. The monoisotopic (exact) mass is 284 g/mol. The second-order valence-corrected chi connectivity index (χ2v) is 5.30. The molecule has 1 aromatic heterocycles. The van der Waals surface area contributed by atoms with E-state index in [0.717, 1.165) is 19.3 Å². The van der Waals surface area contributed by atoms with Crippen molar-refractivity contribution in [3.8, 4) is 0 Å². The highest BCUT2D eigenvalue weighted by atomic mass is 16.6. The van der Waals surface area contributed by atoms with Gasteiger partial charge in [-0.2, -0.15) is 5.10 Å². The Hall–Kier alpha value is -1.63. The third kappa shape index (κ3) is 3.69. The summed E-state index contributed by atoms with van der Waals surface area (Å²) in [6.07, 6.45) is 2.55. The average Bonchev–Trinajstić information content (AvgIpc) is 2.72. The fourth-order valence-corrected chi connectivity index (χ4v) is 2.26. The van der Waals surface area contributed by atoms with Gasteiger partial charge in [-0.3, -0.25) is 10.1 Å². The highest BCUT2D eigenvalue weighted by Crippen LogP contribution is 2.34. The molecule has 0 saturated carbocycles. The number of aliphatic hydroxyl groups excluding tert-OH is 1. The van der Waals surface area contributed by atoms with Crippen LogP contribution in [0.25, 0.3) is 0 Å². The number of nitrogens with zero attached hydrogens (tertiary/aromatic N) is 4. The lowest BCUT2D eigenvalue weighted by molar-refractivity contribution is -0.385. The summed E-state index contributed by atoms with van der Waals surface area (Å²) in [5.74, 6) is 0.556. The maximum Gasteiger partial charge on any atom is 0.334 e. The summed E-state index contributed by atoms with van der Waals surface area (Å²) in [4.78, 5) is 12.9. The number of aryl methyl sites for hydroxylation is 1. The van der Waals surface area contributed by atoms with Crippen LogP contribution < -0.4 is 4.90 Å². The van der Waals surface area contributed by atoms with Crippen LogP contribution in [0.2, 0.25) is 0 Å². The summed E-state index contributed by atoms with van der Waals surface area (Å²) in [5, 5.41) is 24.4. The zero-order chi connectivity index (χ0) is 15.3. The van der Waals surface area contributed by atoms with Gasteiger partial charge < -0.3 is 10.0 Å². The molecule has 0 unspecified atom stereocenters. The molecule has 0 aliphatic heterocycles. The molecule has 0 spiro atoms. The van der Waals surface area contributed by atoms with E-state index in [1.54, 1.807) is 11.7 Å². The molecule has 1 heterocycles. The van der Waals surface area contributed by atoms with E-state index < -0.39 is 0 Å². The third-order valence-corrected chi connectivity index (χ3v) is 3.26. The van der Waals surface area contributed by atoms with E-state index in [1.165, 1.54) is 0 Å². The Kier molecular flexibility index (Phi) is 5.94. The van der Waals surface area contributed by atoms with Gasteiger partial charge >= 0.3 is 5.69 Å². The first-order chi connectivity index (χ1) is 9.40. The number of anilines is 1. The van der Waals surface area contributed by atoms with Gasteiger partial charge in [-0.15, -0.1) is 0 Å². The Balaban J connectivity index is 2.95. The molecule has 1 rings (SSSR count). The van der Waals surface area contributed by atoms with Crippen LogP contribution in [-0.4, -0.2) is 40.0 Å². The van der Waals surface area contributed by atoms with Crippen molar-refractivity contribution in [1.29, 1.82) is 0 Å². The van der Waals surface area contributed by atoms with Crippen molar-refractivity contribution in [1.82, 2.24) is 9.78 Å². The molecule has 0 aliphatic rings. The number of aliphatic hydroxyl groups is 1. The average molecular weight is 284 g/mol. The Morgan fingerprint density at radius 1 is 1.40 bits per heavy atom. The van der Waals surface area contributed by atoms with E-state index in [2.05, 4.69) is 5.10 Å². The fraction of sp³-hybridized carbons (Fsp3) is 0.769. The van der Waals surface area contributed by atoms with Gasteiger partial charge in [0.1, 0.15) is 5.69 Å². The van der Waals surface area contributed by atoms with E-state index in [-0.39, 0.29) is 23.1 Å². The molecule has 1 N–H and O–H groups in total. The zero-order valence-electron chi connectivity index (χ0n) is 12.7. The lowest BCUT2D eigenvalue weighted by Gasteiger charge is -2.18. The first-order valence-electron chi connectivity index (χ1n) is 6.93. The van der Waals surface area contributed by atoms with Crippen LogP contribution >= 0.6 is 0 Å². The SMILES string of the molecule is CC(C)c1nn(C)c(N(C)CCCCCO)c1[N+](=O)[O-]. The maximum atomic E-state index is 11.3. The van der Waals surface area contributed by atoms with Crippen LogP contribution in [0.4, 0.5) is 11.5 Å². The second kappa shape index (κ2) is 7.23. The molecule has 7 nitrogen and oxygen atoms in total. The molecular formula is C13H24N4O3. The largest absolute Gasteiger partial charge is 0.396 e. The van der Waals surface area contributed by atoms with Gasteiger partial charge in [-0.1, -0.05) is 13.8 Å². The van der Waals surface area contributed by atoms with Crippen molar-refractivity contribution in [2.75, 3.05) is 25.1 Å². The van der Waals surface area contributed by atoms with E-state index in [9.17, 15) is 10.1 Å². The molecule has 0 atom stereocenters. The lowest BCUT2D eigenvalue weighted by Crippen LogP contribution is -2.22. The van der Waals surface area contributed by atoms with Gasteiger partial charge in [0.2, 0.25) is 5.82 Å². The van der Waals surface area contributed by atoms with E-state index >= 15 is 0 Å². The summed E-state index contributed by atoms with van der Waals surface area (Å²) >= 11 is 0. The zero-order valence-corrected chi connectivity index (χ0v) is 12.7. The molecule has 0 bridgehead atoms. The Bertz CT molecular complexity index is 457. The highest BCUT2D eigenvalue weighted by molar-refractivity contribution is 5.61. The molecule has 0 amide bonds. The molecule has 1 aromatic rings. The molecule has 0 saturated heterocycles. The van der Waals surface area contributed by atoms with Crippen LogP contribution in [0.3, 0.4) is 0 Å². The van der Waals surface area contributed by atoms with Crippen molar-refractivity contribution < 1.29 is 10.0 Å². The lowest BCUT2D eigenvalue weighted by atomic mass is 10.1. The van der Waals surface area contributed by atoms with Gasteiger partial charge in [-0.05, 0) is 19.3 Å². The smallest absolute Gasteiger partial charge is 0.334 e. The Morgan fingerprint density at radius 2 is 2.05 bits per heavy atom. The Morgan fingerprint density at radius 3 is 2.55 bits per heavy atom. The first-order valence-corrected chi connectivity index (χ1v) is 6.93. The van der Waals surface area contributed by atoms with Crippen LogP contribution in [0.15, 0.2) is 0 Å². The molecule has 0 radical (unpaired) electrons. The summed E-state index contributed by atoms with van der Waals surface area (Å²) < 4.78 is 1.58. The quantitative estimate of drug-likeness (QED) is 0.448. The molecule has 20 heavy (non-hydrogen) atoms. The number of hydrogen-bond donors (Lipinski definition) is 1. The molecule has 0 aliphatic carbocycles. The molecular weight excluding hydrogens is 260 g/mol. The molecule has 7 heteroatoms. The van der Waals surface area contributed by atoms with E-state index in [1.807, 2.05) is 25.8 Å². The third-order valence-electron chi connectivity index (χ3n) is 3.26. The predicted octanol–water partition coefficient (Wildman–Crippen LogP) is 2.05. The van der Waals surface area contributed by atoms with Gasteiger partial charge in [0.05, 0.1) is 4.92 Å². The predicted molar refractivity (Wildman–Crippen MR) is 78.2 cm³/mol. The topological polar surface area (TPSA) is 84.4 Å². The van der Waals surface area contributed by atoms with Crippen molar-refractivity contribution >= 4 is 11.5 Å². The normalized spacial score (nSPS) is 11.1. The molecule has 0 fully saturated rings. The van der Waals surface area contributed by atoms with Crippen molar-refractivity contribution in [2.24, 2.45) is 7.05 Å². The summed E-state index contributed by atoms with van der Waals surface area (Å²) in [6.45, 7) is 4.70. The number of unbranched alkanes of at least 4 members (excludes halogenated alkanes) is 2. The van der Waals surface area contributed by atoms with Gasteiger partial charge in [-0.25, -0.2) is 4.68 Å². The van der Waals surface area contributed by atoms with Crippen molar-refractivity contribution in [3.05, 3.63) is 15.8 Å². The Labute approximate surface area is 119 Å². The maximum absolute atomic E-state index is 11.3. The minimum absolute atomic E-state index is 0.0122. The highest BCUT2D eigenvalue weighted by Gasteiger charge is 2.30. The number of hydrogen-bond acceptors (Lipinski definition) is 5. The molecule has 0 aromatic carbocycles. The van der Waals surface area contributed by atoms with Crippen LogP contribution in [-0.2, 0) is 7.05 Å². The van der Waals surface area contributed by atoms with Crippen LogP contribution in [0.5, 0.6) is 0 Å². The number of nitro groups is 1. The second-order valence-electron chi connectivity index (χ2n) is 5.30. The van der Waals surface area contributed by atoms with Crippen LogP contribution in [0, 0.1) is 10.1 Å². The van der Waals surface area contributed by atoms with Gasteiger partial charge in [0.15, 0.2) is 0 Å². The van der Waals surface area contributed by atoms with Gasteiger partial charge in [0, 0.05) is 33.2 Å². The summed E-state index contributed by atoms with van der Waals surface area (Å²) in [7, 11) is 3.57. The van der Waals surface area contributed by atoms with E-state index in [4.69, 9.17) is 5.11 Å². The number of aromatic nitrogens is 2. The fourth-order valence-electron chi connectivity index (χ4n) is 2.26. The minimum atomic E-state index is -0.345. The summed E-state index contributed by atoms with van der Waals surface area (Å²) in [6, 6.07) is 0. The number of rotatable bonds is 8. The summed E-state index contributed by atoms with van der Waals surface area (Å²) in [5.41, 5.74) is 0.627. The molecule has 114 valence electrons. The van der Waals surface area contributed by atoms with Gasteiger partial charge in [0.25, 0.3) is 0 Å². The minimum Gasteiger partial charge on any atom is -0.396 e. The van der Waals surface area contributed by atoms with E-state index in [0.29, 0.717) is 18.1 Å². The van der Waals surface area contributed by atoms with Crippen molar-refractivity contribution in [2.45, 2.75) is 39.0 Å².